The molecule has 0 saturated carbocycles. The molecule has 0 aliphatic rings. The van der Waals surface area contributed by atoms with E-state index in [-0.39, 0.29) is 11.3 Å². The number of halogens is 3. The molecule has 25 nitrogen and oxygen atoms in total. The van der Waals surface area contributed by atoms with Crippen molar-refractivity contribution >= 4 is 105 Å². The predicted molar refractivity (Wildman–Crippen MR) is 386 cm³/mol. The van der Waals surface area contributed by atoms with Crippen molar-refractivity contribution in [3.63, 3.8) is 0 Å². The smallest absolute Gasteiger partial charge is 0.252 e. The minimum Gasteiger partial charge on any atom is -0.507 e. The summed E-state index contributed by atoms with van der Waals surface area (Å²) < 4.78 is 20.6. The molecule has 4 amide bonds. The van der Waals surface area contributed by atoms with Crippen LogP contribution < -0.4 is 63.1 Å². The van der Waals surface area contributed by atoms with Crippen molar-refractivity contribution in [2.24, 2.45) is 22.9 Å². The normalized spacial score (nSPS) is 10.3. The minimum atomic E-state index is -0.708. The number of carbonyl (C=O) groups is 4. The maximum Gasteiger partial charge on any atom is 0.252 e. The molecule has 0 aliphatic carbocycles. The third kappa shape index (κ3) is 19.6. The van der Waals surface area contributed by atoms with Crippen molar-refractivity contribution in [1.82, 2.24) is 39.9 Å². The van der Waals surface area contributed by atoms with Crippen LogP contribution in [0.5, 0.6) is 28.7 Å². The van der Waals surface area contributed by atoms with E-state index in [9.17, 15) is 24.3 Å². The lowest BCUT2D eigenvalue weighted by molar-refractivity contribution is 0.0988. The number of carbonyl (C=O) groups excluding carboxylic acids is 4. The Morgan fingerprint density at radius 1 is 0.340 bits per heavy atom. The number of rotatable bonds is 20. The summed E-state index contributed by atoms with van der Waals surface area (Å²) in [6.45, 7) is 0. The molecule has 13 N–H and O–H groups in total. The number of aromatic nitrogens is 8. The Kier molecular flexibility index (Phi) is 24.3. The molecule has 4 heterocycles. The standard InChI is InChI=1S/C19H18N4O3.2C18H15ClN4O2.C17H13ClN4O2/c1-25-14-6-4-13(5-7-14)22-19-21-10-9-16(23-19)12-3-8-17(26-2)15(11-12)18(20)24;1-25-16-7-2-11(10-14(16)17(20)24)15-8-9-21-18(23-15)22-13-5-3-12(19)4-6-13;1-25-16-6-5-11(9-14(16)17(20)24)15-7-8-21-18(23-15)22-13-4-2-3-12(19)10-13;18-11-2-1-3-12(9-11)21-17-20-7-6-14(22-17)10-4-5-15(23)13(8-10)16(19)24/h3-11H,1-2H3,(H2,20,24)(H,21,22,23);2*2-10H,1H3,(H2,20,24)(H,21,22,23);1-9,23H,(H2,19,24)(H,20,21,22). The van der Waals surface area contributed by atoms with E-state index in [1.807, 2.05) is 66.7 Å². The molecule has 504 valence electrons. The number of phenols is 1. The van der Waals surface area contributed by atoms with Gasteiger partial charge in [0.1, 0.15) is 28.7 Å². The highest BCUT2D eigenvalue weighted by molar-refractivity contribution is 6.31. The first-order valence-electron chi connectivity index (χ1n) is 29.7. The molecule has 4 aromatic heterocycles. The van der Waals surface area contributed by atoms with Crippen LogP contribution in [0.15, 0.2) is 219 Å². The SMILES string of the molecule is COc1ccc(-c2ccnc(Nc3ccc(Cl)cc3)n2)cc1C(N)=O.COc1ccc(-c2ccnc(Nc3cccc(Cl)c3)n2)cc1C(N)=O.COc1ccc(Nc2nccc(-c3ccc(OC)c(C(N)=O)c3)n2)cc1.NC(=O)c1cc(-c2ccnc(Nc3cccc(Cl)c3)n2)ccc1O. The van der Waals surface area contributed by atoms with Crippen molar-refractivity contribution in [3.8, 4) is 73.8 Å². The third-order valence-electron chi connectivity index (χ3n) is 14.1. The lowest BCUT2D eigenvalue weighted by Gasteiger charge is -2.10. The first-order chi connectivity index (χ1) is 48.3. The quantitative estimate of drug-likeness (QED) is 0.0342. The molecule has 12 aromatic rings. The number of nitrogens with one attached hydrogen (secondary N) is 4. The van der Waals surface area contributed by atoms with Gasteiger partial charge < -0.3 is 68.3 Å². The summed E-state index contributed by atoms with van der Waals surface area (Å²) >= 11 is 17.8. The topological polar surface area (TPSA) is 381 Å². The Bertz CT molecular complexity index is 4910. The van der Waals surface area contributed by atoms with Crippen LogP contribution in [-0.2, 0) is 0 Å². The molecule has 0 fully saturated rings. The number of hydrogen-bond acceptors (Lipinski definition) is 21. The first kappa shape index (κ1) is 71.3. The second kappa shape index (κ2) is 34.1. The second-order valence-electron chi connectivity index (χ2n) is 20.8. The Morgan fingerprint density at radius 2 is 0.650 bits per heavy atom. The summed E-state index contributed by atoms with van der Waals surface area (Å²) in [6.07, 6.45) is 6.49. The van der Waals surface area contributed by atoms with Gasteiger partial charge in [-0.15, -0.1) is 0 Å². The van der Waals surface area contributed by atoms with E-state index in [2.05, 4.69) is 61.1 Å². The van der Waals surface area contributed by atoms with Gasteiger partial charge in [-0.25, -0.2) is 39.9 Å². The first-order valence-corrected chi connectivity index (χ1v) is 30.8. The zero-order valence-corrected chi connectivity index (χ0v) is 55.8. The summed E-state index contributed by atoms with van der Waals surface area (Å²) in [5.41, 5.74) is 30.9. The van der Waals surface area contributed by atoms with Gasteiger partial charge in [-0.05, 0) is 182 Å². The molecule has 0 aliphatic heterocycles. The van der Waals surface area contributed by atoms with Crippen molar-refractivity contribution < 1.29 is 43.2 Å². The number of ether oxygens (including phenoxy) is 4. The van der Waals surface area contributed by atoms with Crippen LogP contribution in [0, 0.1) is 0 Å². The molecule has 0 spiro atoms. The monoisotopic (exact) mass is 1400 g/mol. The van der Waals surface area contributed by atoms with Gasteiger partial charge in [-0.2, -0.15) is 0 Å². The highest BCUT2D eigenvalue weighted by atomic mass is 35.5. The van der Waals surface area contributed by atoms with Gasteiger partial charge >= 0.3 is 0 Å². The molecular formula is C72H61Cl3N16O9. The van der Waals surface area contributed by atoms with Crippen LogP contribution >= 0.6 is 34.8 Å². The van der Waals surface area contributed by atoms with Crippen molar-refractivity contribution in [3.05, 3.63) is 256 Å². The second-order valence-corrected chi connectivity index (χ2v) is 22.1. The largest absolute Gasteiger partial charge is 0.507 e. The molecule has 0 bridgehead atoms. The summed E-state index contributed by atoms with van der Waals surface area (Å²) in [4.78, 5) is 80.7. The van der Waals surface area contributed by atoms with Gasteiger partial charge in [0.15, 0.2) is 0 Å². The number of hydrogen-bond donors (Lipinski definition) is 9. The van der Waals surface area contributed by atoms with Crippen molar-refractivity contribution in [2.75, 3.05) is 49.7 Å². The fraction of sp³-hybridized carbons (Fsp3) is 0.0556. The van der Waals surface area contributed by atoms with Crippen LogP contribution in [0.25, 0.3) is 45.0 Å². The van der Waals surface area contributed by atoms with E-state index in [1.54, 1.807) is 147 Å². The lowest BCUT2D eigenvalue weighted by Crippen LogP contribution is -2.12. The van der Waals surface area contributed by atoms with Crippen LogP contribution in [0.4, 0.5) is 46.5 Å². The number of benzene rings is 8. The van der Waals surface area contributed by atoms with E-state index in [0.29, 0.717) is 101 Å². The van der Waals surface area contributed by atoms with Gasteiger partial charge in [-0.1, -0.05) is 46.9 Å². The van der Waals surface area contributed by atoms with E-state index in [1.165, 1.54) is 33.5 Å². The van der Waals surface area contributed by atoms with Gasteiger partial charge in [0.05, 0.1) is 73.5 Å². The molecule has 0 saturated heterocycles. The maximum absolute atomic E-state index is 11.6. The fourth-order valence-corrected chi connectivity index (χ4v) is 9.75. The Hall–Kier alpha value is -13.0. The van der Waals surface area contributed by atoms with Crippen LogP contribution in [0.1, 0.15) is 41.4 Å². The van der Waals surface area contributed by atoms with E-state index in [0.717, 1.165) is 45.2 Å². The van der Waals surface area contributed by atoms with Gasteiger partial charge in [0.25, 0.3) is 23.6 Å². The van der Waals surface area contributed by atoms with E-state index < -0.39 is 23.6 Å². The molecule has 0 atom stereocenters. The number of aromatic hydroxyl groups is 1. The summed E-state index contributed by atoms with van der Waals surface area (Å²) in [6, 6.07) is 56.0. The molecule has 8 aromatic carbocycles. The Morgan fingerprint density at radius 3 is 0.960 bits per heavy atom. The van der Waals surface area contributed by atoms with Gasteiger partial charge in [-0.3, -0.25) is 19.2 Å². The highest BCUT2D eigenvalue weighted by Crippen LogP contribution is 2.32. The predicted octanol–water partition coefficient (Wildman–Crippen LogP) is 13.6. The number of nitrogens with zero attached hydrogens (tertiary/aromatic N) is 8. The van der Waals surface area contributed by atoms with Gasteiger partial charge in [0, 0.05) is 84.9 Å². The fourth-order valence-electron chi connectivity index (χ4n) is 9.25. The zero-order chi connectivity index (χ0) is 71.2. The van der Waals surface area contributed by atoms with Crippen molar-refractivity contribution in [1.29, 1.82) is 0 Å². The molecular weight excluding hydrogens is 1340 g/mol. The Labute approximate surface area is 587 Å². The summed E-state index contributed by atoms with van der Waals surface area (Å²) in [5, 5.41) is 23.9. The minimum absolute atomic E-state index is 0.0375. The zero-order valence-electron chi connectivity index (χ0n) is 53.5. The molecule has 28 heteroatoms. The average Bonchev–Trinajstić information content (AvgIpc) is 0.845. The Balaban J connectivity index is 0.000000156. The average molecular weight is 1400 g/mol. The number of primary amides is 4. The number of amides is 4. The lowest BCUT2D eigenvalue weighted by atomic mass is 10.1. The number of methoxy groups -OCH3 is 4. The van der Waals surface area contributed by atoms with E-state index >= 15 is 0 Å². The van der Waals surface area contributed by atoms with Crippen LogP contribution in [0.2, 0.25) is 15.1 Å². The van der Waals surface area contributed by atoms with Gasteiger partial charge in [0.2, 0.25) is 23.8 Å². The summed E-state index contributed by atoms with van der Waals surface area (Å²) in [7, 11) is 6.08. The molecule has 0 unspecified atom stereocenters. The number of anilines is 8. The third-order valence-corrected chi connectivity index (χ3v) is 14.8. The van der Waals surface area contributed by atoms with Crippen LogP contribution in [-0.4, -0.2) is 97.0 Å². The maximum atomic E-state index is 11.6. The van der Waals surface area contributed by atoms with Crippen molar-refractivity contribution in [2.45, 2.75) is 0 Å². The molecule has 0 radical (unpaired) electrons. The van der Waals surface area contributed by atoms with Crippen LogP contribution in [0.3, 0.4) is 0 Å². The molecule has 100 heavy (non-hydrogen) atoms. The number of nitrogens with two attached hydrogens (primary N) is 4. The summed E-state index contributed by atoms with van der Waals surface area (Å²) in [5.74, 6) is 1.12. The highest BCUT2D eigenvalue weighted by Gasteiger charge is 2.17. The molecule has 12 rings (SSSR count). The van der Waals surface area contributed by atoms with E-state index in [4.69, 9.17) is 76.7 Å².